The number of aromatic amines is 1. The summed E-state index contributed by atoms with van der Waals surface area (Å²) in [5, 5.41) is 0.743. The minimum absolute atomic E-state index is 0.0604. The van der Waals surface area contributed by atoms with Gasteiger partial charge in [-0.25, -0.2) is 4.39 Å². The number of benzene rings is 2. The van der Waals surface area contributed by atoms with Gasteiger partial charge in [-0.05, 0) is 30.3 Å². The third kappa shape index (κ3) is 2.15. The molecule has 0 aliphatic heterocycles. The molecule has 0 aliphatic rings. The van der Waals surface area contributed by atoms with Crippen LogP contribution >= 0.6 is 27.5 Å². The van der Waals surface area contributed by atoms with Crippen LogP contribution in [0.1, 0.15) is 15.9 Å². The van der Waals surface area contributed by atoms with Crippen molar-refractivity contribution in [1.29, 1.82) is 0 Å². The highest BCUT2D eigenvalue weighted by Crippen LogP contribution is 2.29. The van der Waals surface area contributed by atoms with E-state index in [0.29, 0.717) is 11.1 Å². The van der Waals surface area contributed by atoms with E-state index < -0.39 is 5.82 Å². The molecular weight excluding hydrogens is 345 g/mol. The molecule has 0 radical (unpaired) electrons. The molecule has 1 N–H and O–H groups in total. The van der Waals surface area contributed by atoms with Crippen molar-refractivity contribution in [2.24, 2.45) is 0 Å². The molecule has 0 atom stereocenters. The summed E-state index contributed by atoms with van der Waals surface area (Å²) < 4.78 is 14.0. The van der Waals surface area contributed by atoms with Crippen LogP contribution in [0.3, 0.4) is 0 Å². The highest BCUT2D eigenvalue weighted by Gasteiger charge is 2.17. The van der Waals surface area contributed by atoms with Gasteiger partial charge in [0.1, 0.15) is 5.82 Å². The maximum Gasteiger partial charge on any atom is 0.195 e. The Morgan fingerprint density at radius 1 is 1.25 bits per heavy atom. The molecule has 0 saturated carbocycles. The molecular formula is C15H8BrClFNO. The Balaban J connectivity index is 2.15. The third-order valence-corrected chi connectivity index (χ3v) is 4.03. The van der Waals surface area contributed by atoms with Gasteiger partial charge in [0, 0.05) is 32.7 Å². The zero-order valence-corrected chi connectivity index (χ0v) is 12.4. The van der Waals surface area contributed by atoms with Crippen LogP contribution in [-0.2, 0) is 0 Å². The maximum atomic E-state index is 13.2. The van der Waals surface area contributed by atoms with E-state index in [-0.39, 0.29) is 10.8 Å². The van der Waals surface area contributed by atoms with E-state index in [0.717, 1.165) is 15.4 Å². The molecule has 0 amide bonds. The summed E-state index contributed by atoms with van der Waals surface area (Å²) >= 11 is 9.16. The number of H-pyrrole nitrogens is 1. The summed E-state index contributed by atoms with van der Waals surface area (Å²) in [7, 11) is 0. The topological polar surface area (TPSA) is 32.9 Å². The predicted molar refractivity (Wildman–Crippen MR) is 80.8 cm³/mol. The standard InChI is InChI=1S/C15H8BrClFNO/c16-10-2-1-3-13-14(10)9(7-19-13)15(20)8-4-5-12(18)11(17)6-8/h1-7,19H. The average molecular weight is 353 g/mol. The molecule has 100 valence electrons. The van der Waals surface area contributed by atoms with Crippen molar-refractivity contribution in [3.05, 3.63) is 69.0 Å². The highest BCUT2D eigenvalue weighted by atomic mass is 79.9. The SMILES string of the molecule is O=C(c1ccc(F)c(Cl)c1)c1c[nH]c2cccc(Br)c12. The number of rotatable bonds is 2. The zero-order chi connectivity index (χ0) is 14.3. The van der Waals surface area contributed by atoms with Crippen LogP contribution in [0.25, 0.3) is 10.9 Å². The van der Waals surface area contributed by atoms with E-state index in [2.05, 4.69) is 20.9 Å². The smallest absolute Gasteiger partial charge is 0.195 e. The largest absolute Gasteiger partial charge is 0.360 e. The number of hydrogen-bond donors (Lipinski definition) is 1. The molecule has 0 saturated heterocycles. The molecule has 2 nitrogen and oxygen atoms in total. The maximum absolute atomic E-state index is 13.2. The molecule has 3 rings (SSSR count). The average Bonchev–Trinajstić information content (AvgIpc) is 2.86. The molecule has 0 aliphatic carbocycles. The molecule has 0 bridgehead atoms. The van der Waals surface area contributed by atoms with Crippen molar-refractivity contribution in [3.63, 3.8) is 0 Å². The van der Waals surface area contributed by atoms with Crippen LogP contribution in [0.15, 0.2) is 47.1 Å². The van der Waals surface area contributed by atoms with Gasteiger partial charge in [0.15, 0.2) is 5.78 Å². The fourth-order valence-electron chi connectivity index (χ4n) is 2.11. The monoisotopic (exact) mass is 351 g/mol. The van der Waals surface area contributed by atoms with E-state index in [4.69, 9.17) is 11.6 Å². The Hall–Kier alpha value is -1.65. The third-order valence-electron chi connectivity index (χ3n) is 3.08. The Kier molecular flexibility index (Phi) is 3.36. The Morgan fingerprint density at radius 2 is 2.05 bits per heavy atom. The van der Waals surface area contributed by atoms with E-state index in [1.165, 1.54) is 18.2 Å². The van der Waals surface area contributed by atoms with E-state index in [1.807, 2.05) is 18.2 Å². The first-order valence-corrected chi connectivity index (χ1v) is 7.00. The second kappa shape index (κ2) is 5.04. The van der Waals surface area contributed by atoms with Gasteiger partial charge in [0.05, 0.1) is 5.02 Å². The van der Waals surface area contributed by atoms with Gasteiger partial charge >= 0.3 is 0 Å². The summed E-state index contributed by atoms with van der Waals surface area (Å²) in [4.78, 5) is 15.6. The molecule has 0 fully saturated rings. The van der Waals surface area contributed by atoms with Crippen molar-refractivity contribution < 1.29 is 9.18 Å². The van der Waals surface area contributed by atoms with Crippen molar-refractivity contribution in [2.75, 3.05) is 0 Å². The van der Waals surface area contributed by atoms with Crippen molar-refractivity contribution >= 4 is 44.2 Å². The Labute approximate surface area is 127 Å². The minimum atomic E-state index is -0.539. The predicted octanol–water partition coefficient (Wildman–Crippen LogP) is 4.95. The number of halogens is 3. The van der Waals surface area contributed by atoms with Gasteiger partial charge in [0.2, 0.25) is 0 Å². The number of carbonyl (C=O) groups excluding carboxylic acids is 1. The second-order valence-electron chi connectivity index (χ2n) is 4.32. The summed E-state index contributed by atoms with van der Waals surface area (Å²) in [6, 6.07) is 9.60. The second-order valence-corrected chi connectivity index (χ2v) is 5.58. The number of ketones is 1. The lowest BCUT2D eigenvalue weighted by Crippen LogP contribution is -2.01. The summed E-state index contributed by atoms with van der Waals surface area (Å²) in [5.41, 5.74) is 1.74. The zero-order valence-electron chi connectivity index (χ0n) is 10.1. The van der Waals surface area contributed by atoms with Crippen LogP contribution in [-0.4, -0.2) is 10.8 Å². The summed E-state index contributed by atoms with van der Waals surface area (Å²) in [5.74, 6) is -0.742. The van der Waals surface area contributed by atoms with Gasteiger partial charge in [0.25, 0.3) is 0 Å². The lowest BCUT2D eigenvalue weighted by molar-refractivity contribution is 0.104. The van der Waals surface area contributed by atoms with Gasteiger partial charge in [-0.1, -0.05) is 33.6 Å². The Bertz CT molecular complexity index is 828. The molecule has 3 aromatic rings. The summed E-state index contributed by atoms with van der Waals surface area (Å²) in [6.07, 6.45) is 1.65. The number of nitrogens with one attached hydrogen (secondary N) is 1. The first-order chi connectivity index (χ1) is 9.58. The molecule has 20 heavy (non-hydrogen) atoms. The van der Waals surface area contributed by atoms with Crippen LogP contribution in [0.5, 0.6) is 0 Å². The number of carbonyl (C=O) groups is 1. The van der Waals surface area contributed by atoms with Crippen molar-refractivity contribution in [1.82, 2.24) is 4.98 Å². The molecule has 2 aromatic carbocycles. The number of fused-ring (bicyclic) bond motifs is 1. The summed E-state index contributed by atoms with van der Waals surface area (Å²) in [6.45, 7) is 0. The van der Waals surface area contributed by atoms with E-state index in [1.54, 1.807) is 6.20 Å². The van der Waals surface area contributed by atoms with Crippen LogP contribution < -0.4 is 0 Å². The fraction of sp³-hybridized carbons (Fsp3) is 0. The quantitative estimate of drug-likeness (QED) is 0.650. The molecule has 1 aromatic heterocycles. The lowest BCUT2D eigenvalue weighted by Gasteiger charge is -2.02. The molecule has 1 heterocycles. The van der Waals surface area contributed by atoms with E-state index in [9.17, 15) is 9.18 Å². The number of hydrogen-bond acceptors (Lipinski definition) is 1. The van der Waals surface area contributed by atoms with E-state index >= 15 is 0 Å². The molecule has 0 spiro atoms. The highest BCUT2D eigenvalue weighted by molar-refractivity contribution is 9.10. The number of aromatic nitrogens is 1. The van der Waals surface area contributed by atoms with Gasteiger partial charge in [-0.15, -0.1) is 0 Å². The van der Waals surface area contributed by atoms with Gasteiger partial charge in [-0.2, -0.15) is 0 Å². The normalized spacial score (nSPS) is 10.9. The van der Waals surface area contributed by atoms with Crippen molar-refractivity contribution in [3.8, 4) is 0 Å². The first-order valence-electron chi connectivity index (χ1n) is 5.83. The van der Waals surface area contributed by atoms with Crippen LogP contribution in [0, 0.1) is 5.82 Å². The molecule has 5 heteroatoms. The lowest BCUT2D eigenvalue weighted by atomic mass is 10.0. The fourth-order valence-corrected chi connectivity index (χ4v) is 2.87. The van der Waals surface area contributed by atoms with Crippen molar-refractivity contribution in [2.45, 2.75) is 0 Å². The molecule has 0 unspecified atom stereocenters. The first kappa shape index (κ1) is 13.3. The van der Waals surface area contributed by atoms with Gasteiger partial charge < -0.3 is 4.98 Å². The minimum Gasteiger partial charge on any atom is -0.360 e. The van der Waals surface area contributed by atoms with Gasteiger partial charge in [-0.3, -0.25) is 4.79 Å². The van der Waals surface area contributed by atoms with Crippen LogP contribution in [0.2, 0.25) is 5.02 Å². The Morgan fingerprint density at radius 3 is 2.80 bits per heavy atom. The van der Waals surface area contributed by atoms with Crippen LogP contribution in [0.4, 0.5) is 4.39 Å².